The van der Waals surface area contributed by atoms with Gasteiger partial charge in [-0.05, 0) is 25.3 Å². The Labute approximate surface area is 170 Å². The van der Waals surface area contributed by atoms with Crippen molar-refractivity contribution >= 4 is 50.6 Å². The first-order valence-electron chi connectivity index (χ1n) is 8.28. The molecular weight excluding hydrogens is 431 g/mol. The lowest BCUT2D eigenvalue weighted by atomic mass is 10.2. The van der Waals surface area contributed by atoms with Crippen molar-refractivity contribution in [3.8, 4) is 10.4 Å². The van der Waals surface area contributed by atoms with E-state index in [0.29, 0.717) is 21.9 Å². The van der Waals surface area contributed by atoms with Crippen LogP contribution in [0.2, 0.25) is 0 Å². The van der Waals surface area contributed by atoms with Crippen molar-refractivity contribution in [2.75, 3.05) is 6.54 Å². The van der Waals surface area contributed by atoms with Crippen molar-refractivity contribution in [3.63, 3.8) is 0 Å². The van der Waals surface area contributed by atoms with E-state index in [2.05, 4.69) is 4.98 Å². The summed E-state index contributed by atoms with van der Waals surface area (Å²) in [4.78, 5) is 31.0. The molecule has 0 saturated heterocycles. The Kier molecular flexibility index (Phi) is 6.15. The van der Waals surface area contributed by atoms with Crippen LogP contribution in [-0.2, 0) is 11.3 Å². The van der Waals surface area contributed by atoms with Crippen LogP contribution in [0, 0.1) is 0 Å². The maximum absolute atomic E-state index is 13.0. The number of amides is 1. The van der Waals surface area contributed by atoms with Crippen LogP contribution in [-0.4, -0.2) is 33.4 Å². The van der Waals surface area contributed by atoms with Gasteiger partial charge >= 0.3 is 6.18 Å². The molecule has 5 nitrogen and oxygen atoms in total. The number of rotatable bonds is 6. The van der Waals surface area contributed by atoms with Gasteiger partial charge in [-0.15, -0.1) is 22.7 Å². The molecule has 3 aromatic rings. The fourth-order valence-electron chi connectivity index (χ4n) is 2.53. The molecule has 3 heterocycles. The van der Waals surface area contributed by atoms with Crippen LogP contribution in [0.1, 0.15) is 13.8 Å². The Morgan fingerprint density at radius 2 is 2.14 bits per heavy atom. The Morgan fingerprint density at radius 1 is 1.39 bits per heavy atom. The van der Waals surface area contributed by atoms with E-state index in [1.807, 2.05) is 28.2 Å². The van der Waals surface area contributed by atoms with Crippen molar-refractivity contribution in [1.29, 1.82) is 0 Å². The topological polar surface area (TPSA) is 64.0 Å². The molecule has 0 aromatic carbocycles. The highest BCUT2D eigenvalue weighted by Gasteiger charge is 2.29. The first-order chi connectivity index (χ1) is 13.2. The number of alkyl halides is 3. The van der Waals surface area contributed by atoms with E-state index < -0.39 is 23.9 Å². The van der Waals surface area contributed by atoms with Gasteiger partial charge in [0.2, 0.25) is 5.91 Å². The molecule has 11 heteroatoms. The van der Waals surface area contributed by atoms with Gasteiger partial charge < -0.3 is 5.32 Å². The summed E-state index contributed by atoms with van der Waals surface area (Å²) < 4.78 is 38.3. The predicted molar refractivity (Wildman–Crippen MR) is 107 cm³/mol. The lowest BCUT2D eigenvalue weighted by molar-refractivity contribution is -0.137. The number of nitrogens with zero attached hydrogens (tertiary/aromatic N) is 2. The van der Waals surface area contributed by atoms with Crippen molar-refractivity contribution in [2.24, 2.45) is 0 Å². The zero-order valence-electron chi connectivity index (χ0n) is 14.9. The van der Waals surface area contributed by atoms with Crippen molar-refractivity contribution < 1.29 is 18.0 Å². The molecular formula is C17H16F3N3O2S3. The second-order valence-corrected chi connectivity index (χ2v) is 8.96. The number of carbonyl (C=O) groups excluding carboxylic acids is 1. The average molecular weight is 448 g/mol. The lowest BCUT2D eigenvalue weighted by Gasteiger charge is -2.15. The monoisotopic (exact) mass is 447 g/mol. The van der Waals surface area contributed by atoms with E-state index >= 15 is 0 Å². The number of halogens is 3. The highest BCUT2D eigenvalue weighted by Crippen LogP contribution is 2.35. The van der Waals surface area contributed by atoms with Gasteiger partial charge in [0.1, 0.15) is 11.4 Å². The number of thiophene rings is 2. The third kappa shape index (κ3) is 4.41. The second kappa shape index (κ2) is 8.26. The highest BCUT2D eigenvalue weighted by molar-refractivity contribution is 8.00. The van der Waals surface area contributed by atoms with E-state index in [9.17, 15) is 22.8 Å². The normalized spacial score (nSPS) is 13.0. The number of nitrogens with one attached hydrogen (secondary N) is 1. The minimum absolute atomic E-state index is 0.220. The summed E-state index contributed by atoms with van der Waals surface area (Å²) in [6.45, 7) is 2.21. The molecule has 0 bridgehead atoms. The first kappa shape index (κ1) is 20.9. The fraction of sp³-hybridized carbons (Fsp3) is 0.353. The maximum atomic E-state index is 13.0. The van der Waals surface area contributed by atoms with Gasteiger partial charge in [0.15, 0.2) is 5.16 Å². The van der Waals surface area contributed by atoms with Gasteiger partial charge in [-0.2, -0.15) is 13.2 Å². The lowest BCUT2D eigenvalue weighted by Crippen LogP contribution is -2.38. The fourth-order valence-corrected chi connectivity index (χ4v) is 5.33. The number of hydrogen-bond acceptors (Lipinski definition) is 6. The van der Waals surface area contributed by atoms with Gasteiger partial charge in [0, 0.05) is 22.4 Å². The third-order valence-electron chi connectivity index (χ3n) is 3.88. The molecule has 0 fully saturated rings. The Morgan fingerprint density at radius 3 is 2.75 bits per heavy atom. The SMILES string of the molecule is CCn1c(SC(C)C(=O)NCC(F)(F)F)nc2scc(-c3cccs3)c2c1=O. The Bertz CT molecular complexity index is 1040. The summed E-state index contributed by atoms with van der Waals surface area (Å²) in [5.41, 5.74) is 0.602. The molecule has 0 aliphatic rings. The average Bonchev–Trinajstić information content (AvgIpc) is 3.28. The standard InChI is InChI=1S/C17H16F3N3O2S3/c1-3-23-15(25)12-10(11-5-4-6-26-11)7-27-14(12)22-16(23)28-9(2)13(24)21-8-17(18,19)20/h4-7,9H,3,8H2,1-2H3,(H,21,24). The van der Waals surface area contributed by atoms with E-state index in [4.69, 9.17) is 0 Å². The van der Waals surface area contributed by atoms with Crippen LogP contribution in [0.15, 0.2) is 32.8 Å². The molecule has 0 aliphatic carbocycles. The zero-order valence-corrected chi connectivity index (χ0v) is 17.3. The van der Waals surface area contributed by atoms with Crippen LogP contribution in [0.3, 0.4) is 0 Å². The summed E-state index contributed by atoms with van der Waals surface area (Å²) in [5.74, 6) is -0.759. The number of thioether (sulfide) groups is 1. The molecule has 3 aromatic heterocycles. The number of aromatic nitrogens is 2. The summed E-state index contributed by atoms with van der Waals surface area (Å²) in [6.07, 6.45) is -4.47. The summed E-state index contributed by atoms with van der Waals surface area (Å²) in [5, 5.41) is 5.66. The van der Waals surface area contributed by atoms with Crippen LogP contribution >= 0.6 is 34.4 Å². The second-order valence-electron chi connectivity index (χ2n) is 5.84. The summed E-state index contributed by atoms with van der Waals surface area (Å²) in [7, 11) is 0. The largest absolute Gasteiger partial charge is 0.405 e. The van der Waals surface area contributed by atoms with Crippen LogP contribution in [0.5, 0.6) is 0 Å². The Hall–Kier alpha value is -1.85. The van der Waals surface area contributed by atoms with Crippen LogP contribution < -0.4 is 10.9 Å². The number of fused-ring (bicyclic) bond motifs is 1. The summed E-state index contributed by atoms with van der Waals surface area (Å²) >= 11 is 3.82. The van der Waals surface area contributed by atoms with E-state index in [0.717, 1.165) is 22.2 Å². The third-order valence-corrected chi connectivity index (χ3v) is 6.74. The number of carbonyl (C=O) groups is 1. The molecule has 0 radical (unpaired) electrons. The predicted octanol–water partition coefficient (Wildman–Crippen LogP) is 4.37. The van der Waals surface area contributed by atoms with E-state index in [1.165, 1.54) is 34.2 Å². The molecule has 1 atom stereocenters. The molecule has 0 spiro atoms. The minimum Gasteiger partial charge on any atom is -0.346 e. The smallest absolute Gasteiger partial charge is 0.346 e. The molecule has 0 saturated carbocycles. The van der Waals surface area contributed by atoms with Gasteiger partial charge in [0.05, 0.1) is 10.6 Å². The molecule has 1 unspecified atom stereocenters. The highest BCUT2D eigenvalue weighted by atomic mass is 32.2. The molecule has 3 rings (SSSR count). The number of hydrogen-bond donors (Lipinski definition) is 1. The van der Waals surface area contributed by atoms with Crippen LogP contribution in [0.25, 0.3) is 20.7 Å². The molecule has 0 aliphatic heterocycles. The summed E-state index contributed by atoms with van der Waals surface area (Å²) in [6, 6.07) is 3.83. The quantitative estimate of drug-likeness (QED) is 0.450. The van der Waals surface area contributed by atoms with E-state index in [-0.39, 0.29) is 5.56 Å². The van der Waals surface area contributed by atoms with Gasteiger partial charge in [0.25, 0.3) is 5.56 Å². The Balaban J connectivity index is 1.92. The maximum Gasteiger partial charge on any atom is 0.405 e. The van der Waals surface area contributed by atoms with E-state index in [1.54, 1.807) is 6.92 Å². The zero-order chi connectivity index (χ0) is 20.5. The minimum atomic E-state index is -4.47. The van der Waals surface area contributed by atoms with Gasteiger partial charge in [-0.25, -0.2) is 4.98 Å². The first-order valence-corrected chi connectivity index (χ1v) is 10.9. The van der Waals surface area contributed by atoms with Gasteiger partial charge in [-0.3, -0.25) is 14.2 Å². The molecule has 150 valence electrons. The van der Waals surface area contributed by atoms with Crippen LogP contribution in [0.4, 0.5) is 13.2 Å². The molecule has 1 N–H and O–H groups in total. The molecule has 28 heavy (non-hydrogen) atoms. The molecule has 1 amide bonds. The van der Waals surface area contributed by atoms with Gasteiger partial charge in [-0.1, -0.05) is 17.8 Å². The van der Waals surface area contributed by atoms with Crippen molar-refractivity contribution in [2.45, 2.75) is 37.0 Å². The van der Waals surface area contributed by atoms with Crippen molar-refractivity contribution in [1.82, 2.24) is 14.9 Å². The van der Waals surface area contributed by atoms with Crippen molar-refractivity contribution in [3.05, 3.63) is 33.2 Å².